The molecule has 5 nitrogen and oxygen atoms in total. The Morgan fingerprint density at radius 3 is 2.67 bits per heavy atom. The van der Waals surface area contributed by atoms with Crippen molar-refractivity contribution in [3.63, 3.8) is 0 Å². The van der Waals surface area contributed by atoms with Crippen LogP contribution in [0.3, 0.4) is 0 Å². The summed E-state index contributed by atoms with van der Waals surface area (Å²) in [7, 11) is 0. The second-order valence-electron chi connectivity index (χ2n) is 7.17. The van der Waals surface area contributed by atoms with E-state index in [9.17, 15) is 4.79 Å². The lowest BCUT2D eigenvalue weighted by molar-refractivity contribution is 0.102. The summed E-state index contributed by atoms with van der Waals surface area (Å²) in [5.74, 6) is -0.181. The third-order valence-corrected chi connectivity index (χ3v) is 4.96. The van der Waals surface area contributed by atoms with Crippen molar-refractivity contribution in [2.75, 3.05) is 18.4 Å². The van der Waals surface area contributed by atoms with Crippen molar-refractivity contribution in [1.29, 1.82) is 0 Å². The van der Waals surface area contributed by atoms with E-state index in [1.165, 1.54) is 24.0 Å². The third-order valence-electron chi connectivity index (χ3n) is 4.96. The van der Waals surface area contributed by atoms with E-state index in [-0.39, 0.29) is 5.91 Å². The van der Waals surface area contributed by atoms with Crippen LogP contribution in [-0.2, 0) is 6.54 Å². The van der Waals surface area contributed by atoms with Gasteiger partial charge in [-0.3, -0.25) is 14.8 Å². The van der Waals surface area contributed by atoms with Gasteiger partial charge in [-0.2, -0.15) is 5.10 Å². The number of hydrogen-bond acceptors (Lipinski definition) is 3. The highest BCUT2D eigenvalue weighted by Crippen LogP contribution is 2.20. The number of carbonyl (C=O) groups is 1. The summed E-state index contributed by atoms with van der Waals surface area (Å²) in [5.41, 5.74) is 5.44. The number of aromatic nitrogens is 2. The molecule has 0 bridgehead atoms. The van der Waals surface area contributed by atoms with E-state index in [0.29, 0.717) is 5.69 Å². The van der Waals surface area contributed by atoms with E-state index in [1.807, 2.05) is 49.4 Å². The van der Waals surface area contributed by atoms with Crippen molar-refractivity contribution in [3.05, 3.63) is 71.4 Å². The van der Waals surface area contributed by atoms with Crippen LogP contribution in [0.15, 0.2) is 54.6 Å². The van der Waals surface area contributed by atoms with E-state index >= 15 is 0 Å². The predicted octanol–water partition coefficient (Wildman–Crippen LogP) is 4.23. The van der Waals surface area contributed by atoms with Gasteiger partial charge in [0.1, 0.15) is 5.69 Å². The minimum absolute atomic E-state index is 0.181. The van der Waals surface area contributed by atoms with Gasteiger partial charge in [0.15, 0.2) is 0 Å². The first-order valence-electron chi connectivity index (χ1n) is 9.42. The predicted molar refractivity (Wildman–Crippen MR) is 108 cm³/mol. The Balaban J connectivity index is 1.44. The van der Waals surface area contributed by atoms with Crippen LogP contribution in [0, 0.1) is 6.92 Å². The summed E-state index contributed by atoms with van der Waals surface area (Å²) < 4.78 is 0. The molecular weight excluding hydrogens is 336 g/mol. The molecule has 1 aliphatic rings. The maximum atomic E-state index is 12.6. The first-order chi connectivity index (χ1) is 13.2. The number of aryl methyl sites for hydroxylation is 1. The van der Waals surface area contributed by atoms with Crippen LogP contribution in [0.2, 0.25) is 0 Å². The molecule has 1 amide bonds. The Labute approximate surface area is 159 Å². The molecule has 2 N–H and O–H groups in total. The highest BCUT2D eigenvalue weighted by molar-refractivity contribution is 6.03. The first-order valence-corrected chi connectivity index (χ1v) is 9.42. The van der Waals surface area contributed by atoms with Gasteiger partial charge in [-0.05, 0) is 56.6 Å². The maximum absolute atomic E-state index is 12.6. The minimum Gasteiger partial charge on any atom is -0.321 e. The van der Waals surface area contributed by atoms with E-state index in [4.69, 9.17) is 0 Å². The summed E-state index contributed by atoms with van der Waals surface area (Å²) in [4.78, 5) is 15.0. The van der Waals surface area contributed by atoms with Gasteiger partial charge in [-0.15, -0.1) is 0 Å². The molecule has 2 heterocycles. The number of likely N-dealkylation sites (tertiary alicyclic amines) is 1. The van der Waals surface area contributed by atoms with Crippen molar-refractivity contribution >= 4 is 11.6 Å². The van der Waals surface area contributed by atoms with Gasteiger partial charge in [-0.25, -0.2) is 0 Å². The number of nitrogens with one attached hydrogen (secondary N) is 2. The van der Waals surface area contributed by atoms with Gasteiger partial charge >= 0.3 is 0 Å². The molecule has 0 atom stereocenters. The second kappa shape index (κ2) is 7.76. The number of hydrogen-bond donors (Lipinski definition) is 2. The van der Waals surface area contributed by atoms with Gasteiger partial charge in [0.25, 0.3) is 5.91 Å². The summed E-state index contributed by atoms with van der Waals surface area (Å²) in [6.07, 6.45) is 2.55. The molecule has 27 heavy (non-hydrogen) atoms. The molecule has 0 radical (unpaired) electrons. The van der Waals surface area contributed by atoms with Crippen LogP contribution in [-0.4, -0.2) is 34.1 Å². The molecule has 0 saturated carbocycles. The Morgan fingerprint density at radius 1 is 1.11 bits per heavy atom. The lowest BCUT2D eigenvalue weighted by Crippen LogP contribution is -2.18. The molecule has 3 aromatic rings. The van der Waals surface area contributed by atoms with Crippen molar-refractivity contribution in [2.45, 2.75) is 26.3 Å². The van der Waals surface area contributed by atoms with Crippen molar-refractivity contribution < 1.29 is 4.79 Å². The minimum atomic E-state index is -0.181. The zero-order valence-corrected chi connectivity index (χ0v) is 15.5. The Kier molecular flexibility index (Phi) is 5.03. The number of rotatable bonds is 5. The average Bonchev–Trinajstić information content (AvgIpc) is 3.35. The van der Waals surface area contributed by atoms with Crippen molar-refractivity contribution in [2.24, 2.45) is 0 Å². The summed E-state index contributed by atoms with van der Waals surface area (Å²) >= 11 is 0. The number of benzene rings is 2. The van der Waals surface area contributed by atoms with Gasteiger partial charge in [0, 0.05) is 17.8 Å². The molecule has 1 fully saturated rings. The Bertz CT molecular complexity index is 923. The second-order valence-corrected chi connectivity index (χ2v) is 7.17. The fourth-order valence-corrected chi connectivity index (χ4v) is 3.46. The van der Waals surface area contributed by atoms with Gasteiger partial charge in [-0.1, -0.05) is 42.0 Å². The number of amides is 1. The van der Waals surface area contributed by atoms with Crippen LogP contribution in [0.4, 0.5) is 5.69 Å². The first kappa shape index (κ1) is 17.5. The largest absolute Gasteiger partial charge is 0.321 e. The van der Waals surface area contributed by atoms with Gasteiger partial charge in [0.2, 0.25) is 0 Å². The summed E-state index contributed by atoms with van der Waals surface area (Å²) in [6, 6.07) is 17.9. The monoisotopic (exact) mass is 360 g/mol. The smallest absolute Gasteiger partial charge is 0.273 e. The molecule has 0 aliphatic carbocycles. The van der Waals surface area contributed by atoms with Crippen molar-refractivity contribution in [1.82, 2.24) is 15.1 Å². The molecule has 2 aromatic carbocycles. The lowest BCUT2D eigenvalue weighted by Gasteiger charge is -2.15. The van der Waals surface area contributed by atoms with Crippen LogP contribution < -0.4 is 5.32 Å². The van der Waals surface area contributed by atoms with E-state index in [2.05, 4.69) is 26.5 Å². The number of nitrogens with zero attached hydrogens (tertiary/aromatic N) is 2. The highest BCUT2D eigenvalue weighted by Gasteiger charge is 2.14. The number of H-pyrrole nitrogens is 1. The molecular formula is C22H24N4O. The van der Waals surface area contributed by atoms with Crippen LogP contribution in [0.25, 0.3) is 11.3 Å². The van der Waals surface area contributed by atoms with E-state index in [0.717, 1.165) is 36.6 Å². The van der Waals surface area contributed by atoms with Crippen LogP contribution in [0.1, 0.15) is 34.5 Å². The highest BCUT2D eigenvalue weighted by atomic mass is 16.1. The number of aromatic amines is 1. The SMILES string of the molecule is Cc1ccc(-c2cc(C(=O)Nc3cccc(CN4CCCC4)c3)[nH]n2)cc1. The van der Waals surface area contributed by atoms with E-state index in [1.54, 1.807) is 6.07 Å². The van der Waals surface area contributed by atoms with Crippen LogP contribution >= 0.6 is 0 Å². The summed E-state index contributed by atoms with van der Waals surface area (Å²) in [6.45, 7) is 5.30. The van der Waals surface area contributed by atoms with Gasteiger partial charge in [0.05, 0.1) is 5.69 Å². The third kappa shape index (κ3) is 4.26. The fourth-order valence-electron chi connectivity index (χ4n) is 3.46. The average molecular weight is 360 g/mol. The normalized spacial score (nSPS) is 14.4. The lowest BCUT2D eigenvalue weighted by atomic mass is 10.1. The molecule has 4 rings (SSSR count). The standard InChI is InChI=1S/C22H24N4O/c1-16-7-9-18(10-8-16)20-14-21(25-24-20)22(27)23-19-6-4-5-17(13-19)15-26-11-2-3-12-26/h4-10,13-14H,2-3,11-12,15H2,1H3,(H,23,27)(H,24,25). The van der Waals surface area contributed by atoms with Gasteiger partial charge < -0.3 is 5.32 Å². The molecule has 0 unspecified atom stereocenters. The Hall–Kier alpha value is -2.92. The molecule has 0 spiro atoms. The molecule has 5 heteroatoms. The molecule has 1 aromatic heterocycles. The maximum Gasteiger partial charge on any atom is 0.273 e. The number of anilines is 1. The molecule has 138 valence electrons. The zero-order chi connectivity index (χ0) is 18.6. The fraction of sp³-hybridized carbons (Fsp3) is 0.273. The molecule has 1 saturated heterocycles. The van der Waals surface area contributed by atoms with Crippen LogP contribution in [0.5, 0.6) is 0 Å². The van der Waals surface area contributed by atoms with Crippen molar-refractivity contribution in [3.8, 4) is 11.3 Å². The quantitative estimate of drug-likeness (QED) is 0.716. The Morgan fingerprint density at radius 2 is 1.89 bits per heavy atom. The zero-order valence-electron chi connectivity index (χ0n) is 15.5. The van der Waals surface area contributed by atoms with E-state index < -0.39 is 0 Å². The molecule has 1 aliphatic heterocycles. The topological polar surface area (TPSA) is 61.0 Å². The number of carbonyl (C=O) groups excluding carboxylic acids is 1. The summed E-state index contributed by atoms with van der Waals surface area (Å²) in [5, 5.41) is 10.1.